The molecule has 1 aliphatic rings. The number of likely N-dealkylation sites (tertiary alicyclic amines) is 1. The molecule has 0 unspecified atom stereocenters. The molecule has 0 radical (unpaired) electrons. The minimum Gasteiger partial charge on any atom is -0.480 e. The molecule has 1 aromatic rings. The lowest BCUT2D eigenvalue weighted by Gasteiger charge is -2.21. The van der Waals surface area contributed by atoms with E-state index in [0.29, 0.717) is 24.2 Å². The molecule has 1 amide bonds. The predicted molar refractivity (Wildman–Crippen MR) is 62.5 cm³/mol. The molecule has 0 bridgehead atoms. The van der Waals surface area contributed by atoms with Gasteiger partial charge in [0.05, 0.1) is 0 Å². The number of benzene rings is 1. The molecule has 1 aromatic carbocycles. The van der Waals surface area contributed by atoms with Crippen LogP contribution in [-0.4, -0.2) is 34.5 Å². The standard InChI is InChI=1S/C12H14N2O3/c13-9-4-1-3-8(7-9)11(15)14-6-2-5-10(14)12(16)17/h1,3-4,7,10H,2,5-6,13H2,(H,16,17)/t10-/m1/s1. The molecule has 2 rings (SSSR count). The highest BCUT2D eigenvalue weighted by atomic mass is 16.4. The van der Waals surface area contributed by atoms with Gasteiger partial charge in [0.25, 0.3) is 5.91 Å². The summed E-state index contributed by atoms with van der Waals surface area (Å²) in [7, 11) is 0. The Bertz CT molecular complexity index is 459. The van der Waals surface area contributed by atoms with Crippen LogP contribution in [0, 0.1) is 0 Å². The minimum absolute atomic E-state index is 0.262. The highest BCUT2D eigenvalue weighted by Gasteiger charge is 2.34. The number of carbonyl (C=O) groups is 2. The van der Waals surface area contributed by atoms with Crippen molar-refractivity contribution in [3.8, 4) is 0 Å². The van der Waals surface area contributed by atoms with Gasteiger partial charge in [0, 0.05) is 17.8 Å². The van der Waals surface area contributed by atoms with Crippen LogP contribution in [0.2, 0.25) is 0 Å². The second kappa shape index (κ2) is 4.45. The first-order valence-electron chi connectivity index (χ1n) is 5.49. The average Bonchev–Trinajstić information content (AvgIpc) is 2.77. The molecule has 1 saturated heterocycles. The fourth-order valence-electron chi connectivity index (χ4n) is 2.10. The normalized spacial score (nSPS) is 19.3. The molecule has 0 aliphatic carbocycles. The molecule has 0 saturated carbocycles. The van der Waals surface area contributed by atoms with E-state index in [1.54, 1.807) is 24.3 Å². The van der Waals surface area contributed by atoms with E-state index >= 15 is 0 Å². The summed E-state index contributed by atoms with van der Waals surface area (Å²) in [5, 5.41) is 9.02. The molecular weight excluding hydrogens is 220 g/mol. The van der Waals surface area contributed by atoms with E-state index in [2.05, 4.69) is 0 Å². The fourth-order valence-corrected chi connectivity index (χ4v) is 2.10. The van der Waals surface area contributed by atoms with Gasteiger partial charge in [0.2, 0.25) is 0 Å². The van der Waals surface area contributed by atoms with Crippen molar-refractivity contribution in [2.75, 3.05) is 12.3 Å². The van der Waals surface area contributed by atoms with E-state index < -0.39 is 12.0 Å². The van der Waals surface area contributed by atoms with Crippen molar-refractivity contribution in [3.05, 3.63) is 29.8 Å². The number of carbonyl (C=O) groups excluding carboxylic acids is 1. The maximum absolute atomic E-state index is 12.1. The van der Waals surface area contributed by atoms with Crippen LogP contribution < -0.4 is 5.73 Å². The predicted octanol–water partition coefficient (Wildman–Crippen LogP) is 0.958. The monoisotopic (exact) mass is 234 g/mol. The minimum atomic E-state index is -0.945. The zero-order valence-electron chi connectivity index (χ0n) is 9.30. The molecule has 1 aliphatic heterocycles. The highest BCUT2D eigenvalue weighted by Crippen LogP contribution is 2.21. The van der Waals surface area contributed by atoms with Gasteiger partial charge in [0.1, 0.15) is 6.04 Å². The lowest BCUT2D eigenvalue weighted by atomic mass is 10.1. The number of nitrogens with zero attached hydrogens (tertiary/aromatic N) is 1. The summed E-state index contributed by atoms with van der Waals surface area (Å²) in [5.74, 6) is -1.21. The van der Waals surface area contributed by atoms with Crippen LogP contribution in [0.5, 0.6) is 0 Å². The van der Waals surface area contributed by atoms with Gasteiger partial charge in [0.15, 0.2) is 0 Å². The van der Waals surface area contributed by atoms with E-state index in [0.717, 1.165) is 6.42 Å². The van der Waals surface area contributed by atoms with Crippen LogP contribution >= 0.6 is 0 Å². The summed E-state index contributed by atoms with van der Waals surface area (Å²) in [5.41, 5.74) is 6.55. The van der Waals surface area contributed by atoms with Gasteiger partial charge in [-0.15, -0.1) is 0 Å². The van der Waals surface area contributed by atoms with Crippen molar-refractivity contribution >= 4 is 17.6 Å². The van der Waals surface area contributed by atoms with Crippen LogP contribution in [0.4, 0.5) is 5.69 Å². The quantitative estimate of drug-likeness (QED) is 0.746. The van der Waals surface area contributed by atoms with Crippen LogP contribution in [0.1, 0.15) is 23.2 Å². The fraction of sp³-hybridized carbons (Fsp3) is 0.333. The summed E-state index contributed by atoms with van der Waals surface area (Å²) >= 11 is 0. The second-order valence-corrected chi connectivity index (χ2v) is 4.12. The van der Waals surface area contributed by atoms with Crippen LogP contribution in [0.25, 0.3) is 0 Å². The molecule has 3 N–H and O–H groups in total. The van der Waals surface area contributed by atoms with E-state index in [4.69, 9.17) is 10.8 Å². The lowest BCUT2D eigenvalue weighted by molar-refractivity contribution is -0.141. The first-order valence-corrected chi connectivity index (χ1v) is 5.49. The summed E-state index contributed by atoms with van der Waals surface area (Å²) in [6, 6.07) is 5.89. The molecule has 5 nitrogen and oxygen atoms in total. The first kappa shape index (κ1) is 11.4. The molecule has 90 valence electrons. The SMILES string of the molecule is Nc1cccc(C(=O)N2CCC[C@@H]2C(=O)O)c1. The summed E-state index contributed by atoms with van der Waals surface area (Å²) < 4.78 is 0. The third-order valence-electron chi connectivity index (χ3n) is 2.93. The Morgan fingerprint density at radius 3 is 2.82 bits per heavy atom. The summed E-state index contributed by atoms with van der Waals surface area (Å²) in [6.07, 6.45) is 1.24. The topological polar surface area (TPSA) is 83.6 Å². The van der Waals surface area contributed by atoms with E-state index in [1.807, 2.05) is 0 Å². The molecule has 5 heteroatoms. The number of aliphatic carboxylic acids is 1. The third kappa shape index (κ3) is 2.22. The molecule has 1 heterocycles. The first-order chi connectivity index (χ1) is 8.09. The lowest BCUT2D eigenvalue weighted by Crippen LogP contribution is -2.40. The van der Waals surface area contributed by atoms with Crippen LogP contribution in [0.3, 0.4) is 0 Å². The molecule has 0 aromatic heterocycles. The second-order valence-electron chi connectivity index (χ2n) is 4.12. The number of carboxylic acids is 1. The number of nitrogens with two attached hydrogens (primary N) is 1. The van der Waals surface area contributed by atoms with E-state index in [-0.39, 0.29) is 5.91 Å². The number of amides is 1. The van der Waals surface area contributed by atoms with Gasteiger partial charge in [-0.25, -0.2) is 4.79 Å². The van der Waals surface area contributed by atoms with Gasteiger partial charge in [-0.1, -0.05) is 6.07 Å². The third-order valence-corrected chi connectivity index (χ3v) is 2.93. The largest absolute Gasteiger partial charge is 0.480 e. The summed E-state index contributed by atoms with van der Waals surface area (Å²) in [6.45, 7) is 0.491. The average molecular weight is 234 g/mol. The molecule has 1 fully saturated rings. The van der Waals surface area contributed by atoms with Crippen molar-refractivity contribution in [1.82, 2.24) is 4.90 Å². The highest BCUT2D eigenvalue weighted by molar-refractivity contribution is 5.97. The smallest absolute Gasteiger partial charge is 0.326 e. The Morgan fingerprint density at radius 2 is 2.18 bits per heavy atom. The maximum atomic E-state index is 12.1. The van der Waals surface area contributed by atoms with Crippen molar-refractivity contribution in [3.63, 3.8) is 0 Å². The zero-order valence-corrected chi connectivity index (χ0v) is 9.30. The van der Waals surface area contributed by atoms with Gasteiger partial charge in [-0.2, -0.15) is 0 Å². The van der Waals surface area contributed by atoms with Crippen molar-refractivity contribution in [1.29, 1.82) is 0 Å². The number of carboxylic acid groups (broad SMARTS) is 1. The molecule has 17 heavy (non-hydrogen) atoms. The number of nitrogen functional groups attached to an aromatic ring is 1. The van der Waals surface area contributed by atoms with Crippen molar-refractivity contribution < 1.29 is 14.7 Å². The zero-order chi connectivity index (χ0) is 12.4. The van der Waals surface area contributed by atoms with E-state index in [1.165, 1.54) is 4.90 Å². The van der Waals surface area contributed by atoms with Gasteiger partial charge in [-0.05, 0) is 31.0 Å². The maximum Gasteiger partial charge on any atom is 0.326 e. The molecule has 0 spiro atoms. The van der Waals surface area contributed by atoms with Gasteiger partial charge in [-0.3, -0.25) is 4.79 Å². The molecule has 1 atom stereocenters. The molecular formula is C12H14N2O3. The van der Waals surface area contributed by atoms with Crippen LogP contribution in [-0.2, 0) is 4.79 Å². The Morgan fingerprint density at radius 1 is 1.41 bits per heavy atom. The summed E-state index contributed by atoms with van der Waals surface area (Å²) in [4.78, 5) is 24.5. The van der Waals surface area contributed by atoms with E-state index in [9.17, 15) is 9.59 Å². The Labute approximate surface area is 98.8 Å². The Hall–Kier alpha value is -2.04. The van der Waals surface area contributed by atoms with Crippen LogP contribution in [0.15, 0.2) is 24.3 Å². The number of anilines is 1. The number of hydrogen-bond donors (Lipinski definition) is 2. The van der Waals surface area contributed by atoms with Gasteiger partial charge < -0.3 is 15.7 Å². The Balaban J connectivity index is 2.23. The number of hydrogen-bond acceptors (Lipinski definition) is 3. The van der Waals surface area contributed by atoms with Gasteiger partial charge >= 0.3 is 5.97 Å². The van der Waals surface area contributed by atoms with Crippen molar-refractivity contribution in [2.24, 2.45) is 0 Å². The van der Waals surface area contributed by atoms with Crippen molar-refractivity contribution in [2.45, 2.75) is 18.9 Å². The Kier molecular flexibility index (Phi) is 2.99. The number of rotatable bonds is 2.